The van der Waals surface area contributed by atoms with E-state index >= 15 is 0 Å². The Labute approximate surface area is 91.2 Å². The van der Waals surface area contributed by atoms with Gasteiger partial charge in [-0.1, -0.05) is 6.42 Å². The Balaban J connectivity index is 2.11. The fraction of sp³-hybridized carbons (Fsp3) is 0.909. The van der Waals surface area contributed by atoms with Gasteiger partial charge in [-0.05, 0) is 51.7 Å². The molecule has 0 atom stereocenters. The number of nitrogens with one attached hydrogen (secondary N) is 1. The van der Waals surface area contributed by atoms with E-state index in [4.69, 9.17) is 5.84 Å². The van der Waals surface area contributed by atoms with Crippen LogP contribution in [-0.4, -0.2) is 30.9 Å². The van der Waals surface area contributed by atoms with E-state index in [1.54, 1.807) is 0 Å². The molecule has 0 aromatic heterocycles. The average Bonchev–Trinajstić information content (AvgIpc) is 2.18. The van der Waals surface area contributed by atoms with Crippen LogP contribution in [0.2, 0.25) is 0 Å². The normalized spacial score (nSPS) is 27.1. The van der Waals surface area contributed by atoms with Gasteiger partial charge < -0.3 is 4.90 Å². The maximum atomic E-state index is 12.0. The van der Waals surface area contributed by atoms with Crippen molar-refractivity contribution in [3.8, 4) is 0 Å². The summed E-state index contributed by atoms with van der Waals surface area (Å²) in [6, 6.07) is 0. The summed E-state index contributed by atoms with van der Waals surface area (Å²) in [5.41, 5.74) is 2.23. The summed E-state index contributed by atoms with van der Waals surface area (Å²) in [6.07, 6.45) is 5.63. The fourth-order valence-electron chi connectivity index (χ4n) is 2.94. The minimum absolute atomic E-state index is 0.0697. The molecule has 4 nitrogen and oxygen atoms in total. The summed E-state index contributed by atoms with van der Waals surface area (Å²) in [4.78, 5) is 14.3. The second kappa shape index (κ2) is 4.10. The zero-order valence-corrected chi connectivity index (χ0v) is 9.46. The van der Waals surface area contributed by atoms with Crippen molar-refractivity contribution in [2.75, 3.05) is 20.1 Å². The monoisotopic (exact) mass is 211 g/mol. The first kappa shape index (κ1) is 10.9. The molecule has 4 heteroatoms. The number of carbonyl (C=O) groups is 1. The summed E-state index contributed by atoms with van der Waals surface area (Å²) < 4.78 is 0. The Morgan fingerprint density at radius 2 is 2.00 bits per heavy atom. The van der Waals surface area contributed by atoms with Crippen molar-refractivity contribution in [2.45, 2.75) is 32.1 Å². The number of hydrogen-bond donors (Lipinski definition) is 2. The molecule has 0 spiro atoms. The van der Waals surface area contributed by atoms with E-state index in [-0.39, 0.29) is 11.3 Å². The van der Waals surface area contributed by atoms with Crippen LogP contribution in [0.1, 0.15) is 32.1 Å². The van der Waals surface area contributed by atoms with Crippen LogP contribution in [0.5, 0.6) is 0 Å². The van der Waals surface area contributed by atoms with Gasteiger partial charge in [0.1, 0.15) is 0 Å². The predicted octanol–water partition coefficient (Wildman–Crippen LogP) is 0.488. The first-order valence-corrected chi connectivity index (χ1v) is 5.88. The van der Waals surface area contributed by atoms with Crippen LogP contribution in [0.15, 0.2) is 0 Å². The number of nitrogens with zero attached hydrogens (tertiary/aromatic N) is 1. The average molecular weight is 211 g/mol. The van der Waals surface area contributed by atoms with Crippen LogP contribution < -0.4 is 11.3 Å². The second-order valence-electron chi connectivity index (χ2n) is 5.06. The summed E-state index contributed by atoms with van der Waals surface area (Å²) >= 11 is 0. The number of likely N-dealkylation sites (tertiary alicyclic amines) is 1. The van der Waals surface area contributed by atoms with Crippen molar-refractivity contribution >= 4 is 5.91 Å². The van der Waals surface area contributed by atoms with Gasteiger partial charge in [-0.2, -0.15) is 0 Å². The summed E-state index contributed by atoms with van der Waals surface area (Å²) in [5, 5.41) is 0. The number of piperidine rings is 1. The molecule has 0 radical (unpaired) electrons. The van der Waals surface area contributed by atoms with Gasteiger partial charge in [0.05, 0.1) is 5.41 Å². The van der Waals surface area contributed by atoms with Crippen LogP contribution in [0.3, 0.4) is 0 Å². The molecule has 86 valence electrons. The molecule has 0 aromatic carbocycles. The first-order chi connectivity index (χ1) is 7.19. The van der Waals surface area contributed by atoms with Crippen LogP contribution in [0.25, 0.3) is 0 Å². The number of carbonyl (C=O) groups excluding carboxylic acids is 1. The van der Waals surface area contributed by atoms with Crippen molar-refractivity contribution in [2.24, 2.45) is 17.2 Å². The molecule has 0 bridgehead atoms. The van der Waals surface area contributed by atoms with Gasteiger partial charge in [0, 0.05) is 0 Å². The van der Waals surface area contributed by atoms with Crippen molar-refractivity contribution in [1.82, 2.24) is 10.3 Å². The maximum Gasteiger partial charge on any atom is 0.240 e. The Hall–Kier alpha value is -0.610. The predicted molar refractivity (Wildman–Crippen MR) is 58.8 cm³/mol. The number of hydrogen-bond acceptors (Lipinski definition) is 3. The number of amides is 1. The Morgan fingerprint density at radius 1 is 1.40 bits per heavy atom. The molecule has 0 aromatic rings. The molecular formula is C11H21N3O. The molecule has 1 saturated heterocycles. The lowest BCUT2D eigenvalue weighted by atomic mass is 9.60. The highest BCUT2D eigenvalue weighted by atomic mass is 16.2. The summed E-state index contributed by atoms with van der Waals surface area (Å²) in [5.74, 6) is 5.97. The van der Waals surface area contributed by atoms with Crippen LogP contribution in [0, 0.1) is 11.3 Å². The smallest absolute Gasteiger partial charge is 0.240 e. The molecule has 0 unspecified atom stereocenters. The third kappa shape index (κ3) is 1.76. The molecule has 1 heterocycles. The quantitative estimate of drug-likeness (QED) is 0.397. The van der Waals surface area contributed by atoms with E-state index < -0.39 is 0 Å². The zero-order chi connectivity index (χ0) is 10.9. The van der Waals surface area contributed by atoms with Crippen molar-refractivity contribution in [3.05, 3.63) is 0 Å². The van der Waals surface area contributed by atoms with Gasteiger partial charge in [0.15, 0.2) is 0 Å². The molecule has 2 fully saturated rings. The van der Waals surface area contributed by atoms with Crippen LogP contribution in [0.4, 0.5) is 0 Å². The van der Waals surface area contributed by atoms with Crippen molar-refractivity contribution in [3.63, 3.8) is 0 Å². The van der Waals surface area contributed by atoms with Gasteiger partial charge >= 0.3 is 0 Å². The van der Waals surface area contributed by atoms with Crippen molar-refractivity contribution in [1.29, 1.82) is 0 Å². The molecular weight excluding hydrogens is 190 g/mol. The third-order valence-corrected chi connectivity index (χ3v) is 4.35. The number of nitrogens with two attached hydrogens (primary N) is 1. The standard InChI is InChI=1S/C11H21N3O/c1-14-7-5-11(6-8-14,10(15)13-12)9-3-2-4-9/h9H,2-8,12H2,1H3,(H,13,15). The fourth-order valence-corrected chi connectivity index (χ4v) is 2.94. The van der Waals surface area contributed by atoms with E-state index in [1.807, 2.05) is 0 Å². The SMILES string of the molecule is CN1CCC(C(=O)NN)(C2CCC2)CC1. The lowest BCUT2D eigenvalue weighted by Crippen LogP contribution is -2.55. The molecule has 2 aliphatic rings. The van der Waals surface area contributed by atoms with Gasteiger partial charge in [-0.3, -0.25) is 10.2 Å². The molecule has 1 saturated carbocycles. The second-order valence-corrected chi connectivity index (χ2v) is 5.06. The van der Waals surface area contributed by atoms with Gasteiger partial charge in [-0.15, -0.1) is 0 Å². The van der Waals surface area contributed by atoms with Crippen LogP contribution >= 0.6 is 0 Å². The lowest BCUT2D eigenvalue weighted by Gasteiger charge is -2.47. The number of hydrazine groups is 1. The topological polar surface area (TPSA) is 58.4 Å². The highest BCUT2D eigenvalue weighted by Gasteiger charge is 2.48. The Bertz CT molecular complexity index is 242. The van der Waals surface area contributed by atoms with E-state index in [1.165, 1.54) is 19.3 Å². The minimum Gasteiger partial charge on any atom is -0.306 e. The van der Waals surface area contributed by atoms with Crippen molar-refractivity contribution < 1.29 is 4.79 Å². The third-order valence-electron chi connectivity index (χ3n) is 4.35. The Morgan fingerprint density at radius 3 is 2.40 bits per heavy atom. The summed E-state index contributed by atoms with van der Waals surface area (Å²) in [6.45, 7) is 2.04. The molecule has 1 aliphatic carbocycles. The molecule has 1 amide bonds. The van der Waals surface area contributed by atoms with Gasteiger partial charge in [0.2, 0.25) is 5.91 Å². The lowest BCUT2D eigenvalue weighted by molar-refractivity contribution is -0.140. The van der Waals surface area contributed by atoms with E-state index in [2.05, 4.69) is 17.4 Å². The molecule has 3 N–H and O–H groups in total. The van der Waals surface area contributed by atoms with Gasteiger partial charge in [0.25, 0.3) is 0 Å². The first-order valence-electron chi connectivity index (χ1n) is 5.88. The Kier molecular flexibility index (Phi) is 2.98. The maximum absolute atomic E-state index is 12.0. The largest absolute Gasteiger partial charge is 0.306 e. The summed E-state index contributed by atoms with van der Waals surface area (Å²) in [7, 11) is 2.12. The van der Waals surface area contributed by atoms with E-state index in [0.717, 1.165) is 25.9 Å². The highest BCUT2D eigenvalue weighted by molar-refractivity contribution is 5.82. The molecule has 2 rings (SSSR count). The number of rotatable bonds is 2. The minimum atomic E-state index is -0.153. The highest BCUT2D eigenvalue weighted by Crippen LogP contribution is 2.48. The zero-order valence-electron chi connectivity index (χ0n) is 9.46. The van der Waals surface area contributed by atoms with E-state index in [0.29, 0.717) is 5.92 Å². The van der Waals surface area contributed by atoms with E-state index in [9.17, 15) is 4.79 Å². The molecule has 15 heavy (non-hydrogen) atoms. The molecule has 1 aliphatic heterocycles. The van der Waals surface area contributed by atoms with Gasteiger partial charge in [-0.25, -0.2) is 5.84 Å². The van der Waals surface area contributed by atoms with Crippen LogP contribution in [-0.2, 0) is 4.79 Å².